The number of carbonyl (C=O) groups excluding carboxylic acids is 1. The highest BCUT2D eigenvalue weighted by atomic mass is 35.6. The number of ether oxygens (including phenoxy) is 1. The minimum absolute atomic E-state index is 0.0965. The summed E-state index contributed by atoms with van der Waals surface area (Å²) in [6.07, 6.45) is 0. The Balaban J connectivity index is 4.32. The average molecular weight is 272 g/mol. The molecule has 7 heteroatoms. The predicted molar refractivity (Wildman–Crippen MR) is 50.8 cm³/mol. The average Bonchev–Trinajstić information content (AvgIpc) is 1.85. The van der Waals surface area contributed by atoms with Crippen molar-refractivity contribution in [1.82, 2.24) is 0 Å². The van der Waals surface area contributed by atoms with Crippen molar-refractivity contribution in [3.05, 3.63) is 10.3 Å². The van der Waals surface area contributed by atoms with E-state index in [0.29, 0.717) is 0 Å². The van der Waals surface area contributed by atoms with Gasteiger partial charge >= 0.3 is 5.97 Å². The van der Waals surface area contributed by atoms with E-state index in [-0.39, 0.29) is 10.3 Å². The quantitative estimate of drug-likeness (QED) is 0.414. The van der Waals surface area contributed by atoms with Crippen LogP contribution in [0.25, 0.3) is 0 Å². The molecular weight excluding hydrogens is 269 g/mol. The summed E-state index contributed by atoms with van der Waals surface area (Å²) in [5.74, 6) is -1.10. The molecule has 0 aliphatic rings. The van der Waals surface area contributed by atoms with Crippen LogP contribution in [0.1, 0.15) is 6.92 Å². The van der Waals surface area contributed by atoms with E-state index >= 15 is 0 Å². The van der Waals surface area contributed by atoms with Crippen LogP contribution in [0.5, 0.6) is 0 Å². The van der Waals surface area contributed by atoms with Crippen molar-refractivity contribution in [1.29, 1.82) is 0 Å². The molecule has 0 aromatic heterocycles. The highest BCUT2D eigenvalue weighted by Crippen LogP contribution is 2.29. The Morgan fingerprint density at radius 2 is 1.67 bits per heavy atom. The lowest BCUT2D eigenvalue weighted by molar-refractivity contribution is -0.137. The molecule has 0 saturated carbocycles. The summed E-state index contributed by atoms with van der Waals surface area (Å²) in [7, 11) is 0. The van der Waals surface area contributed by atoms with Crippen LogP contribution in [0.2, 0.25) is 0 Å². The molecule has 0 aromatic carbocycles. The largest absolute Gasteiger partial charge is 0.410 e. The number of alkyl halides is 3. The van der Waals surface area contributed by atoms with Crippen molar-refractivity contribution in [2.75, 3.05) is 0 Å². The van der Waals surface area contributed by atoms with Gasteiger partial charge in [0, 0.05) is 0 Å². The van der Waals surface area contributed by atoms with Gasteiger partial charge in [-0.15, -0.1) is 0 Å². The van der Waals surface area contributed by atoms with Crippen LogP contribution >= 0.6 is 58.0 Å². The van der Waals surface area contributed by atoms with E-state index in [0.717, 1.165) is 0 Å². The zero-order valence-corrected chi connectivity index (χ0v) is 9.49. The number of hydrogen-bond donors (Lipinski definition) is 0. The van der Waals surface area contributed by atoms with E-state index in [1.54, 1.807) is 0 Å². The summed E-state index contributed by atoms with van der Waals surface area (Å²) in [4.78, 5) is 10.8. The van der Waals surface area contributed by atoms with E-state index < -0.39 is 9.76 Å². The van der Waals surface area contributed by atoms with Gasteiger partial charge in [0.15, 0.2) is 0 Å². The Labute approximate surface area is 94.3 Å². The van der Waals surface area contributed by atoms with E-state index in [2.05, 4.69) is 4.74 Å². The summed E-state index contributed by atoms with van der Waals surface area (Å²) in [5, 5.41) is -0.216. The summed E-state index contributed by atoms with van der Waals surface area (Å²) >= 11 is 26.2. The van der Waals surface area contributed by atoms with E-state index in [1.165, 1.54) is 6.92 Å². The van der Waals surface area contributed by atoms with Gasteiger partial charge in [-0.05, 0) is 18.5 Å². The van der Waals surface area contributed by atoms with E-state index in [1.807, 2.05) is 0 Å². The minimum Gasteiger partial charge on any atom is -0.410 e. The monoisotopic (exact) mass is 270 g/mol. The zero-order chi connectivity index (χ0) is 9.94. The first-order valence-corrected chi connectivity index (χ1v) is 4.45. The zero-order valence-electron chi connectivity index (χ0n) is 5.71. The van der Waals surface area contributed by atoms with Crippen molar-refractivity contribution in [2.24, 2.45) is 0 Å². The highest BCUT2D eigenvalue weighted by Gasteiger charge is 2.33. The maximum atomic E-state index is 10.8. The van der Waals surface area contributed by atoms with Crippen molar-refractivity contribution in [3.8, 4) is 0 Å². The highest BCUT2D eigenvalue weighted by molar-refractivity contribution is 6.75. The Bertz CT molecular complexity index is 212. The number of carbonyl (C=O) groups is 1. The molecule has 0 unspecified atom stereocenters. The van der Waals surface area contributed by atoms with Crippen LogP contribution in [0.3, 0.4) is 0 Å². The molecule has 0 radical (unpaired) electrons. The fourth-order valence-electron chi connectivity index (χ4n) is 0.210. The second kappa shape index (κ2) is 4.77. The third-order valence-electron chi connectivity index (χ3n) is 0.685. The van der Waals surface area contributed by atoms with Gasteiger partial charge < -0.3 is 4.74 Å². The van der Waals surface area contributed by atoms with Crippen LogP contribution in [-0.4, -0.2) is 9.76 Å². The third-order valence-corrected chi connectivity index (χ3v) is 1.78. The van der Waals surface area contributed by atoms with Crippen LogP contribution in [0.4, 0.5) is 0 Å². The van der Waals surface area contributed by atoms with E-state index in [4.69, 9.17) is 58.0 Å². The number of hydrogen-bond acceptors (Lipinski definition) is 2. The van der Waals surface area contributed by atoms with Gasteiger partial charge in [-0.25, -0.2) is 4.79 Å². The molecule has 0 amide bonds. The van der Waals surface area contributed by atoms with Crippen molar-refractivity contribution >= 4 is 64.0 Å². The Kier molecular flexibility index (Phi) is 5.04. The second-order valence-electron chi connectivity index (χ2n) is 1.69. The first-order valence-electron chi connectivity index (χ1n) is 2.56. The van der Waals surface area contributed by atoms with Crippen LogP contribution < -0.4 is 0 Å². The lowest BCUT2D eigenvalue weighted by atomic mass is 10.7. The molecule has 0 bridgehead atoms. The Morgan fingerprint density at radius 3 is 1.92 bits per heavy atom. The number of allylic oxidation sites excluding steroid dienone is 1. The van der Waals surface area contributed by atoms with Gasteiger partial charge in [0.25, 0.3) is 3.79 Å². The summed E-state index contributed by atoms with van der Waals surface area (Å²) in [6.45, 7) is 1.43. The second-order valence-corrected chi connectivity index (χ2v) is 4.89. The molecule has 0 fully saturated rings. The lowest BCUT2D eigenvalue weighted by Crippen LogP contribution is -2.20. The number of halogens is 5. The predicted octanol–water partition coefficient (Wildman–Crippen LogP) is 3.57. The first-order chi connectivity index (χ1) is 5.25. The summed E-state index contributed by atoms with van der Waals surface area (Å²) < 4.78 is 2.21. The molecule has 0 spiro atoms. The number of esters is 1. The third kappa shape index (κ3) is 4.63. The van der Waals surface area contributed by atoms with Gasteiger partial charge in [0.2, 0.25) is 5.22 Å². The molecular formula is C5H3Cl5O2. The molecule has 0 aliphatic carbocycles. The van der Waals surface area contributed by atoms with Gasteiger partial charge in [-0.2, -0.15) is 0 Å². The van der Waals surface area contributed by atoms with Gasteiger partial charge in [0.1, 0.15) is 0 Å². The fourth-order valence-corrected chi connectivity index (χ4v) is 0.434. The van der Waals surface area contributed by atoms with Crippen LogP contribution in [0, 0.1) is 0 Å². The normalized spacial score (nSPS) is 13.8. The smallest absolute Gasteiger partial charge is 0.364 e. The van der Waals surface area contributed by atoms with Crippen molar-refractivity contribution < 1.29 is 9.53 Å². The fraction of sp³-hybridized carbons (Fsp3) is 0.400. The molecule has 0 aliphatic heterocycles. The summed E-state index contributed by atoms with van der Waals surface area (Å²) in [6, 6.07) is 0. The van der Waals surface area contributed by atoms with Gasteiger partial charge in [0.05, 0.1) is 5.03 Å². The van der Waals surface area contributed by atoms with Gasteiger partial charge in [-0.3, -0.25) is 0 Å². The molecule has 0 heterocycles. The van der Waals surface area contributed by atoms with Crippen molar-refractivity contribution in [2.45, 2.75) is 10.7 Å². The summed E-state index contributed by atoms with van der Waals surface area (Å²) in [5.41, 5.74) is 0. The molecule has 2 nitrogen and oxygen atoms in total. The molecule has 0 rings (SSSR count). The Morgan fingerprint density at radius 1 is 1.25 bits per heavy atom. The minimum atomic E-state index is -2.15. The van der Waals surface area contributed by atoms with E-state index in [9.17, 15) is 4.79 Å². The molecule has 0 N–H and O–H groups in total. The lowest BCUT2D eigenvalue weighted by Gasteiger charge is -2.08. The molecule has 70 valence electrons. The SMILES string of the molecule is C/C(Cl)=C(\Cl)OC(=O)C(Cl)(Cl)Cl. The molecule has 0 atom stereocenters. The van der Waals surface area contributed by atoms with Crippen molar-refractivity contribution in [3.63, 3.8) is 0 Å². The molecule has 0 aromatic rings. The Hall–Kier alpha value is 0.660. The molecule has 12 heavy (non-hydrogen) atoms. The van der Waals surface area contributed by atoms with Gasteiger partial charge in [-0.1, -0.05) is 46.4 Å². The molecule has 0 saturated heterocycles. The standard InChI is InChI=1S/C5H3Cl5O2/c1-2(6)3(7)12-4(11)5(8,9)10/h1H3/b3-2-. The number of rotatable bonds is 1. The maximum absolute atomic E-state index is 10.8. The topological polar surface area (TPSA) is 26.3 Å². The maximum Gasteiger partial charge on any atom is 0.364 e. The van der Waals surface area contributed by atoms with Crippen LogP contribution in [0.15, 0.2) is 10.3 Å². The van der Waals surface area contributed by atoms with Crippen LogP contribution in [-0.2, 0) is 9.53 Å². The first kappa shape index (κ1) is 12.7.